The maximum Gasteiger partial charge on any atom is 0.257 e. The van der Waals surface area contributed by atoms with Gasteiger partial charge in [-0.1, -0.05) is 24.3 Å². The van der Waals surface area contributed by atoms with Crippen molar-refractivity contribution in [2.24, 2.45) is 0 Å². The summed E-state index contributed by atoms with van der Waals surface area (Å²) in [6, 6.07) is 16.4. The Bertz CT molecular complexity index is 707. The molecule has 0 aliphatic carbocycles. The van der Waals surface area contributed by atoms with Crippen molar-refractivity contribution in [2.45, 2.75) is 6.42 Å². The van der Waals surface area contributed by atoms with E-state index in [2.05, 4.69) is 5.32 Å². The molecule has 0 radical (unpaired) electrons. The SMILES string of the molecule is COc1ccccc1CCNC(=O)COc1cccc(C#N)c1. The fraction of sp³-hybridized carbons (Fsp3) is 0.222. The van der Waals surface area contributed by atoms with Crippen LogP contribution in [-0.2, 0) is 11.2 Å². The first-order chi connectivity index (χ1) is 11.2. The third-order valence-corrected chi connectivity index (χ3v) is 3.24. The van der Waals surface area contributed by atoms with Crippen LogP contribution in [0.25, 0.3) is 0 Å². The van der Waals surface area contributed by atoms with E-state index in [9.17, 15) is 4.79 Å². The Morgan fingerprint density at radius 2 is 2.04 bits per heavy atom. The first-order valence-corrected chi connectivity index (χ1v) is 7.24. The van der Waals surface area contributed by atoms with Crippen LogP contribution in [0.1, 0.15) is 11.1 Å². The number of methoxy groups -OCH3 is 1. The van der Waals surface area contributed by atoms with Crippen molar-refractivity contribution in [3.63, 3.8) is 0 Å². The molecule has 5 heteroatoms. The van der Waals surface area contributed by atoms with Gasteiger partial charge in [-0.15, -0.1) is 0 Å². The minimum Gasteiger partial charge on any atom is -0.496 e. The minimum absolute atomic E-state index is 0.0825. The molecular formula is C18H18N2O3. The highest BCUT2D eigenvalue weighted by atomic mass is 16.5. The highest BCUT2D eigenvalue weighted by Gasteiger charge is 2.05. The molecule has 0 saturated heterocycles. The lowest BCUT2D eigenvalue weighted by atomic mass is 10.1. The van der Waals surface area contributed by atoms with Gasteiger partial charge in [0.2, 0.25) is 0 Å². The van der Waals surface area contributed by atoms with E-state index < -0.39 is 0 Å². The summed E-state index contributed by atoms with van der Waals surface area (Å²) in [7, 11) is 1.63. The van der Waals surface area contributed by atoms with Crippen LogP contribution in [0, 0.1) is 11.3 Å². The molecule has 0 fully saturated rings. The molecule has 0 heterocycles. The highest BCUT2D eigenvalue weighted by molar-refractivity contribution is 5.77. The lowest BCUT2D eigenvalue weighted by Gasteiger charge is -2.10. The highest BCUT2D eigenvalue weighted by Crippen LogP contribution is 2.17. The van der Waals surface area contributed by atoms with Crippen molar-refractivity contribution >= 4 is 5.91 Å². The van der Waals surface area contributed by atoms with E-state index in [4.69, 9.17) is 14.7 Å². The quantitative estimate of drug-likeness (QED) is 0.852. The molecule has 0 aliphatic heterocycles. The second-order valence-corrected chi connectivity index (χ2v) is 4.84. The van der Waals surface area contributed by atoms with Gasteiger partial charge in [-0.3, -0.25) is 4.79 Å². The van der Waals surface area contributed by atoms with Crippen LogP contribution in [0.4, 0.5) is 0 Å². The molecule has 0 spiro atoms. The minimum atomic E-state index is -0.206. The number of rotatable bonds is 7. The average Bonchev–Trinajstić information content (AvgIpc) is 2.60. The Balaban J connectivity index is 1.76. The molecule has 0 aliphatic rings. The number of benzene rings is 2. The van der Waals surface area contributed by atoms with E-state index in [1.807, 2.05) is 30.3 Å². The smallest absolute Gasteiger partial charge is 0.257 e. The molecule has 0 saturated carbocycles. The number of carbonyl (C=O) groups is 1. The van der Waals surface area contributed by atoms with Gasteiger partial charge in [0.15, 0.2) is 6.61 Å². The van der Waals surface area contributed by atoms with Gasteiger partial charge in [-0.05, 0) is 36.2 Å². The Labute approximate surface area is 135 Å². The summed E-state index contributed by atoms with van der Waals surface area (Å²) >= 11 is 0. The number of nitrogens with one attached hydrogen (secondary N) is 1. The molecule has 2 rings (SSSR count). The van der Waals surface area contributed by atoms with Gasteiger partial charge in [-0.25, -0.2) is 0 Å². The molecular weight excluding hydrogens is 292 g/mol. The van der Waals surface area contributed by atoms with Crippen LogP contribution in [0.15, 0.2) is 48.5 Å². The molecule has 0 atom stereocenters. The number of nitrogens with zero attached hydrogens (tertiary/aromatic N) is 1. The molecule has 0 bridgehead atoms. The van der Waals surface area contributed by atoms with Crippen LogP contribution >= 0.6 is 0 Å². The standard InChI is InChI=1S/C18H18N2O3/c1-22-17-8-3-2-6-15(17)9-10-20-18(21)13-23-16-7-4-5-14(11-16)12-19/h2-8,11H,9-10,13H2,1H3,(H,20,21). The van der Waals surface area contributed by atoms with Crippen LogP contribution in [0.3, 0.4) is 0 Å². The molecule has 23 heavy (non-hydrogen) atoms. The Morgan fingerprint density at radius 3 is 2.83 bits per heavy atom. The molecule has 0 unspecified atom stereocenters. The molecule has 0 aromatic heterocycles. The summed E-state index contributed by atoms with van der Waals surface area (Å²) < 4.78 is 10.6. The van der Waals surface area contributed by atoms with Crippen molar-refractivity contribution in [3.8, 4) is 17.6 Å². The van der Waals surface area contributed by atoms with Crippen LogP contribution in [0.2, 0.25) is 0 Å². The summed E-state index contributed by atoms with van der Waals surface area (Å²) in [5.41, 5.74) is 1.54. The topological polar surface area (TPSA) is 71.3 Å². The van der Waals surface area contributed by atoms with E-state index in [-0.39, 0.29) is 12.5 Å². The number of hydrogen-bond donors (Lipinski definition) is 1. The number of para-hydroxylation sites is 1. The first-order valence-electron chi connectivity index (χ1n) is 7.24. The molecule has 2 aromatic rings. The van der Waals surface area contributed by atoms with Gasteiger partial charge in [0, 0.05) is 6.54 Å². The van der Waals surface area contributed by atoms with Gasteiger partial charge >= 0.3 is 0 Å². The Hall–Kier alpha value is -3.00. The van der Waals surface area contributed by atoms with Crippen molar-refractivity contribution in [2.75, 3.05) is 20.3 Å². The predicted molar refractivity (Wildman–Crippen MR) is 86.4 cm³/mol. The number of carbonyl (C=O) groups excluding carboxylic acids is 1. The van der Waals surface area contributed by atoms with E-state index >= 15 is 0 Å². The number of amides is 1. The second-order valence-electron chi connectivity index (χ2n) is 4.84. The number of hydrogen-bond acceptors (Lipinski definition) is 4. The Kier molecular flexibility index (Phi) is 6.01. The monoisotopic (exact) mass is 310 g/mol. The zero-order valence-corrected chi connectivity index (χ0v) is 12.9. The van der Waals surface area contributed by atoms with Gasteiger partial charge < -0.3 is 14.8 Å². The van der Waals surface area contributed by atoms with Crippen LogP contribution < -0.4 is 14.8 Å². The molecule has 1 amide bonds. The summed E-state index contributed by atoms with van der Waals surface area (Å²) in [6.45, 7) is 0.418. The van der Waals surface area contributed by atoms with E-state index in [0.29, 0.717) is 24.3 Å². The van der Waals surface area contributed by atoms with E-state index in [1.165, 1.54) is 0 Å². The van der Waals surface area contributed by atoms with E-state index in [1.54, 1.807) is 31.4 Å². The second kappa shape index (κ2) is 8.44. The van der Waals surface area contributed by atoms with Crippen molar-refractivity contribution in [1.29, 1.82) is 5.26 Å². The summed E-state index contributed by atoms with van der Waals surface area (Å²) in [6.07, 6.45) is 0.680. The lowest BCUT2D eigenvalue weighted by molar-refractivity contribution is -0.123. The number of nitriles is 1. The fourth-order valence-corrected chi connectivity index (χ4v) is 2.10. The van der Waals surface area contributed by atoms with Crippen molar-refractivity contribution < 1.29 is 14.3 Å². The zero-order valence-electron chi connectivity index (χ0n) is 12.9. The van der Waals surface area contributed by atoms with Crippen LogP contribution in [-0.4, -0.2) is 26.2 Å². The normalized spacial score (nSPS) is 9.74. The molecule has 2 aromatic carbocycles. The molecule has 5 nitrogen and oxygen atoms in total. The average molecular weight is 310 g/mol. The lowest BCUT2D eigenvalue weighted by Crippen LogP contribution is -2.30. The maximum absolute atomic E-state index is 11.8. The Morgan fingerprint density at radius 1 is 1.22 bits per heavy atom. The van der Waals surface area contributed by atoms with Crippen LogP contribution in [0.5, 0.6) is 11.5 Å². The molecule has 118 valence electrons. The maximum atomic E-state index is 11.8. The first kappa shape index (κ1) is 16.4. The van der Waals surface area contributed by atoms with Gasteiger partial charge in [0.05, 0.1) is 18.7 Å². The van der Waals surface area contributed by atoms with Gasteiger partial charge in [-0.2, -0.15) is 5.26 Å². The molecule has 1 N–H and O–H groups in total. The van der Waals surface area contributed by atoms with Crippen molar-refractivity contribution in [3.05, 3.63) is 59.7 Å². The third-order valence-electron chi connectivity index (χ3n) is 3.24. The summed E-state index contributed by atoms with van der Waals surface area (Å²) in [5, 5.41) is 11.6. The van der Waals surface area contributed by atoms with E-state index in [0.717, 1.165) is 11.3 Å². The predicted octanol–water partition coefficient (Wildman–Crippen LogP) is 2.30. The summed E-state index contributed by atoms with van der Waals surface area (Å²) in [5.74, 6) is 1.11. The largest absolute Gasteiger partial charge is 0.496 e. The van der Waals surface area contributed by atoms with Gasteiger partial charge in [0.25, 0.3) is 5.91 Å². The third kappa shape index (κ3) is 5.04. The zero-order chi connectivity index (χ0) is 16.5. The number of ether oxygens (including phenoxy) is 2. The van der Waals surface area contributed by atoms with Crippen molar-refractivity contribution in [1.82, 2.24) is 5.32 Å². The summed E-state index contributed by atoms with van der Waals surface area (Å²) in [4.78, 5) is 11.8. The fourth-order valence-electron chi connectivity index (χ4n) is 2.10. The van der Waals surface area contributed by atoms with Gasteiger partial charge in [0.1, 0.15) is 11.5 Å².